The van der Waals surface area contributed by atoms with E-state index in [9.17, 15) is 0 Å². The first-order valence-electron chi connectivity index (χ1n) is 19.8. The average molecular weight is 688 g/mol. The largest absolute Gasteiger partial charge is 0.464 e. The van der Waals surface area contributed by atoms with E-state index in [1.165, 1.54) is 50.4 Å². The van der Waals surface area contributed by atoms with Gasteiger partial charge in [0.1, 0.15) is 0 Å². The highest BCUT2D eigenvalue weighted by Gasteiger charge is 2.44. The molecule has 52 heavy (non-hydrogen) atoms. The molecule has 2 aromatic carbocycles. The molecule has 5 aliphatic heterocycles. The second kappa shape index (κ2) is 13.6. The number of nitrogens with one attached hydrogen (secondary N) is 3. The Hall–Kier alpha value is -4.81. The molecule has 3 aliphatic carbocycles. The molecule has 6 unspecified atom stereocenters. The Balaban J connectivity index is 0.976. The van der Waals surface area contributed by atoms with Crippen LogP contribution in [0.2, 0.25) is 0 Å². The van der Waals surface area contributed by atoms with Gasteiger partial charge in [-0.25, -0.2) is 0 Å². The molecule has 6 atom stereocenters. The van der Waals surface area contributed by atoms with Gasteiger partial charge >= 0.3 is 0 Å². The molecular formula is C46H49N5O. The van der Waals surface area contributed by atoms with E-state index < -0.39 is 0 Å². The second-order valence-electron chi connectivity index (χ2n) is 15.6. The lowest BCUT2D eigenvalue weighted by molar-refractivity contribution is 0.281. The predicted octanol–water partition coefficient (Wildman–Crippen LogP) is 9.11. The van der Waals surface area contributed by atoms with E-state index in [1.54, 1.807) is 0 Å². The number of hydrogen-bond acceptors (Lipinski definition) is 6. The summed E-state index contributed by atoms with van der Waals surface area (Å²) in [5.41, 5.74) is 13.5. The van der Waals surface area contributed by atoms with Crippen molar-refractivity contribution in [2.45, 2.75) is 88.1 Å². The molecule has 6 heteroatoms. The summed E-state index contributed by atoms with van der Waals surface area (Å²) in [5, 5.41) is 11.3. The average Bonchev–Trinajstić information content (AvgIpc) is 3.82. The normalized spacial score (nSPS) is 30.1. The van der Waals surface area contributed by atoms with Crippen LogP contribution in [0.25, 0.3) is 11.1 Å². The van der Waals surface area contributed by atoms with Crippen LogP contribution in [-0.2, 0) is 0 Å². The molecule has 0 saturated carbocycles. The van der Waals surface area contributed by atoms with Crippen LogP contribution in [0.15, 0.2) is 125 Å². The lowest BCUT2D eigenvalue weighted by atomic mass is 9.81. The van der Waals surface area contributed by atoms with Crippen molar-refractivity contribution in [3.8, 4) is 5.75 Å². The van der Waals surface area contributed by atoms with Crippen molar-refractivity contribution in [3.63, 3.8) is 0 Å². The SMILES string of the molecule is C1=CCCC(C2Nc3ccc4c(c3O2)C2C=CCCC2N4C2=CC(C3C=C(c4ccc(C5=CC=NCC5)cc4)CC(C4C=CNCC4)N3)=CCC2)=C1. The number of allylic oxidation sites excluding steroid dienone is 7. The summed E-state index contributed by atoms with van der Waals surface area (Å²) >= 11 is 0. The Morgan fingerprint density at radius 3 is 2.62 bits per heavy atom. The molecule has 6 nitrogen and oxygen atoms in total. The van der Waals surface area contributed by atoms with Gasteiger partial charge in [-0.1, -0.05) is 72.9 Å². The molecule has 10 rings (SSSR count). The molecule has 0 spiro atoms. The maximum absolute atomic E-state index is 6.81. The van der Waals surface area contributed by atoms with Gasteiger partial charge in [0.25, 0.3) is 0 Å². The van der Waals surface area contributed by atoms with Crippen molar-refractivity contribution in [2.24, 2.45) is 10.9 Å². The lowest BCUT2D eigenvalue weighted by Gasteiger charge is -2.38. The number of rotatable bonds is 6. The fourth-order valence-electron chi connectivity index (χ4n) is 9.82. The van der Waals surface area contributed by atoms with Crippen molar-refractivity contribution >= 4 is 28.7 Å². The molecule has 3 N–H and O–H groups in total. The van der Waals surface area contributed by atoms with Gasteiger partial charge in [-0.2, -0.15) is 0 Å². The van der Waals surface area contributed by atoms with E-state index in [1.807, 2.05) is 6.21 Å². The van der Waals surface area contributed by atoms with Gasteiger partial charge in [0.15, 0.2) is 12.0 Å². The molecule has 0 amide bonds. The zero-order valence-electron chi connectivity index (χ0n) is 29.9. The fourth-order valence-corrected chi connectivity index (χ4v) is 9.82. The van der Waals surface area contributed by atoms with Crippen molar-refractivity contribution in [2.75, 3.05) is 23.3 Å². The quantitative estimate of drug-likeness (QED) is 0.265. The Morgan fingerprint density at radius 2 is 1.79 bits per heavy atom. The monoisotopic (exact) mass is 687 g/mol. The van der Waals surface area contributed by atoms with E-state index in [0.29, 0.717) is 23.9 Å². The maximum atomic E-state index is 6.81. The minimum Gasteiger partial charge on any atom is -0.464 e. The van der Waals surface area contributed by atoms with Crippen LogP contribution in [0.4, 0.5) is 11.4 Å². The minimum absolute atomic E-state index is 0.0777. The maximum Gasteiger partial charge on any atom is 0.192 e. The number of ether oxygens (including phenoxy) is 1. The van der Waals surface area contributed by atoms with Gasteiger partial charge in [0.2, 0.25) is 0 Å². The summed E-state index contributed by atoms with van der Waals surface area (Å²) in [5.74, 6) is 1.91. The van der Waals surface area contributed by atoms with E-state index in [4.69, 9.17) is 4.74 Å². The Kier molecular flexibility index (Phi) is 8.36. The van der Waals surface area contributed by atoms with E-state index in [0.717, 1.165) is 82.3 Å². The number of anilines is 2. The molecular weight excluding hydrogens is 639 g/mol. The van der Waals surface area contributed by atoms with Gasteiger partial charge < -0.3 is 25.6 Å². The third-order valence-electron chi connectivity index (χ3n) is 12.5. The van der Waals surface area contributed by atoms with Gasteiger partial charge in [-0.15, -0.1) is 0 Å². The van der Waals surface area contributed by atoms with Gasteiger partial charge in [-0.05, 0) is 128 Å². The summed E-state index contributed by atoms with van der Waals surface area (Å²) < 4.78 is 6.81. The highest BCUT2D eigenvalue weighted by molar-refractivity contribution is 5.86. The van der Waals surface area contributed by atoms with Crippen LogP contribution in [0, 0.1) is 5.92 Å². The van der Waals surface area contributed by atoms with Crippen LogP contribution in [0.1, 0.15) is 80.4 Å². The smallest absolute Gasteiger partial charge is 0.192 e. The van der Waals surface area contributed by atoms with Crippen molar-refractivity contribution in [1.82, 2.24) is 10.6 Å². The van der Waals surface area contributed by atoms with Crippen LogP contribution >= 0.6 is 0 Å². The number of dihydropyridines is 1. The standard InChI is InChI=1S/C46H49N5O/c1-2-7-34(8-3-1)46-50-39-17-18-43-44(45(39)52-46)38-11-4-5-12-42(38)51(43)37-10-6-9-35(27-37)41-29-36(28-40(49-41)33-21-25-48-26-22-33)31-15-13-30(14-16-31)32-19-23-47-24-20-32/h1-2,4,7,9,11,13-19,21,23,25,27,29,33,38,40-42,46,48-50H,3,5-6,8,10,12,20,22,24,26,28H2. The first kappa shape index (κ1) is 31.9. The van der Waals surface area contributed by atoms with Gasteiger partial charge in [0.05, 0.1) is 11.7 Å². The summed E-state index contributed by atoms with van der Waals surface area (Å²) in [6.45, 7) is 1.92. The van der Waals surface area contributed by atoms with Gasteiger partial charge in [0, 0.05) is 54.3 Å². The number of aliphatic imine (C=N–C) groups is 1. The topological polar surface area (TPSA) is 60.9 Å². The Labute approximate surface area is 308 Å². The molecule has 0 radical (unpaired) electrons. The second-order valence-corrected chi connectivity index (χ2v) is 15.6. The third kappa shape index (κ3) is 5.81. The summed E-state index contributed by atoms with van der Waals surface area (Å²) in [6, 6.07) is 14.9. The molecule has 264 valence electrons. The summed E-state index contributed by atoms with van der Waals surface area (Å²) in [4.78, 5) is 7.10. The van der Waals surface area contributed by atoms with Crippen LogP contribution in [0.3, 0.4) is 0 Å². The third-order valence-corrected chi connectivity index (χ3v) is 12.5. The molecule has 0 bridgehead atoms. The van der Waals surface area contributed by atoms with Crippen molar-refractivity contribution in [3.05, 3.63) is 137 Å². The van der Waals surface area contributed by atoms with E-state index >= 15 is 0 Å². The van der Waals surface area contributed by atoms with E-state index in [2.05, 4.69) is 129 Å². The minimum atomic E-state index is -0.0777. The molecule has 0 saturated heterocycles. The fraction of sp³-hybridized carbons (Fsp3) is 0.370. The highest BCUT2D eigenvalue weighted by atomic mass is 16.5. The molecule has 2 aromatic rings. The summed E-state index contributed by atoms with van der Waals surface area (Å²) in [7, 11) is 0. The molecule has 0 aromatic heterocycles. The number of nitrogens with zero attached hydrogens (tertiary/aromatic N) is 2. The summed E-state index contributed by atoms with van der Waals surface area (Å²) in [6.07, 6.45) is 37.4. The lowest BCUT2D eigenvalue weighted by Crippen LogP contribution is -2.47. The van der Waals surface area contributed by atoms with Crippen LogP contribution in [0.5, 0.6) is 5.75 Å². The van der Waals surface area contributed by atoms with Gasteiger partial charge in [-0.3, -0.25) is 4.99 Å². The van der Waals surface area contributed by atoms with Crippen LogP contribution < -0.4 is 25.6 Å². The van der Waals surface area contributed by atoms with Crippen molar-refractivity contribution < 1.29 is 4.74 Å². The first-order chi connectivity index (χ1) is 25.8. The highest BCUT2D eigenvalue weighted by Crippen LogP contribution is 2.55. The first-order valence-corrected chi connectivity index (χ1v) is 19.8. The number of hydrogen-bond donors (Lipinski definition) is 3. The predicted molar refractivity (Wildman–Crippen MR) is 215 cm³/mol. The number of fused-ring (bicyclic) bond motifs is 5. The molecule has 5 heterocycles. The Bertz CT molecular complexity index is 2020. The number of benzene rings is 2. The van der Waals surface area contributed by atoms with Crippen LogP contribution in [-0.4, -0.2) is 43.7 Å². The van der Waals surface area contributed by atoms with Crippen molar-refractivity contribution in [1.29, 1.82) is 0 Å². The zero-order chi connectivity index (χ0) is 34.4. The van der Waals surface area contributed by atoms with E-state index in [-0.39, 0.29) is 12.3 Å². The Morgan fingerprint density at radius 1 is 0.865 bits per heavy atom. The zero-order valence-corrected chi connectivity index (χ0v) is 29.9. The molecule has 8 aliphatic rings. The molecule has 0 fully saturated rings.